The van der Waals surface area contributed by atoms with E-state index in [9.17, 15) is 9.59 Å². The molecule has 0 heterocycles. The molecule has 2 amide bonds. The Labute approximate surface area is 158 Å². The van der Waals surface area contributed by atoms with Crippen molar-refractivity contribution in [3.8, 4) is 0 Å². The zero-order valence-electron chi connectivity index (χ0n) is 17.4. The van der Waals surface area contributed by atoms with E-state index in [1.807, 2.05) is 38.1 Å². The van der Waals surface area contributed by atoms with Crippen molar-refractivity contribution in [1.82, 2.24) is 5.32 Å². The third kappa shape index (κ3) is 7.46. The van der Waals surface area contributed by atoms with E-state index in [-0.39, 0.29) is 17.2 Å². The molecule has 0 fully saturated rings. The van der Waals surface area contributed by atoms with Gasteiger partial charge in [0.25, 0.3) is 5.91 Å². The van der Waals surface area contributed by atoms with E-state index in [1.165, 1.54) is 0 Å². The summed E-state index contributed by atoms with van der Waals surface area (Å²) < 4.78 is 0. The van der Waals surface area contributed by atoms with Crippen LogP contribution in [-0.2, 0) is 4.79 Å². The van der Waals surface area contributed by atoms with Crippen molar-refractivity contribution < 1.29 is 9.59 Å². The number of nitrogens with zero attached hydrogens (tertiary/aromatic N) is 1. The fourth-order valence-electron chi connectivity index (χ4n) is 3.17. The van der Waals surface area contributed by atoms with Gasteiger partial charge in [-0.05, 0) is 42.4 Å². The summed E-state index contributed by atoms with van der Waals surface area (Å²) in [7, 11) is 3.80. The number of carbonyl (C=O) groups excluding carboxylic acids is 2. The Kier molecular flexibility index (Phi) is 8.12. The molecule has 0 aliphatic rings. The van der Waals surface area contributed by atoms with E-state index in [0.29, 0.717) is 30.1 Å². The van der Waals surface area contributed by atoms with Gasteiger partial charge < -0.3 is 15.5 Å². The number of amides is 2. The summed E-state index contributed by atoms with van der Waals surface area (Å²) in [5, 5.41) is 5.84. The monoisotopic (exact) mass is 361 g/mol. The third-order valence-electron chi connectivity index (χ3n) is 4.04. The number of hydrogen-bond acceptors (Lipinski definition) is 3. The van der Waals surface area contributed by atoms with Crippen LogP contribution in [-0.4, -0.2) is 32.5 Å². The molecular weight excluding hydrogens is 326 g/mol. The van der Waals surface area contributed by atoms with Gasteiger partial charge in [-0.1, -0.05) is 34.6 Å². The molecule has 0 aliphatic carbocycles. The van der Waals surface area contributed by atoms with Crippen LogP contribution < -0.4 is 15.5 Å². The first-order valence-corrected chi connectivity index (χ1v) is 9.43. The smallest absolute Gasteiger partial charge is 0.253 e. The summed E-state index contributed by atoms with van der Waals surface area (Å²) in [6.45, 7) is 11.3. The molecule has 0 saturated heterocycles. The maximum absolute atomic E-state index is 12.5. The molecule has 2 N–H and O–H groups in total. The molecule has 0 aliphatic heterocycles. The van der Waals surface area contributed by atoms with Crippen LogP contribution in [0.1, 0.15) is 64.2 Å². The molecule has 0 unspecified atom stereocenters. The maximum Gasteiger partial charge on any atom is 0.253 e. The van der Waals surface area contributed by atoms with Crippen molar-refractivity contribution >= 4 is 23.2 Å². The van der Waals surface area contributed by atoms with Gasteiger partial charge in [0, 0.05) is 38.4 Å². The molecule has 5 nitrogen and oxygen atoms in total. The molecule has 0 bridgehead atoms. The Morgan fingerprint density at radius 3 is 2.38 bits per heavy atom. The summed E-state index contributed by atoms with van der Waals surface area (Å²) in [6, 6.07) is 5.47. The SMILES string of the molecule is CCCNC(=O)c1cc(NC(=O)C[C@H](C)CC(C)(C)C)ccc1N(C)C. The van der Waals surface area contributed by atoms with E-state index in [1.54, 1.807) is 6.07 Å². The third-order valence-corrected chi connectivity index (χ3v) is 4.04. The van der Waals surface area contributed by atoms with Gasteiger partial charge in [-0.25, -0.2) is 0 Å². The normalized spacial score (nSPS) is 12.4. The Balaban J connectivity index is 2.87. The Hall–Kier alpha value is -2.04. The quantitative estimate of drug-likeness (QED) is 0.726. The van der Waals surface area contributed by atoms with Crippen LogP contribution in [0.15, 0.2) is 18.2 Å². The second kappa shape index (κ2) is 9.60. The molecule has 1 aromatic carbocycles. The largest absolute Gasteiger partial charge is 0.377 e. The second-order valence-corrected chi connectivity index (χ2v) is 8.50. The average Bonchev–Trinajstić information content (AvgIpc) is 2.50. The second-order valence-electron chi connectivity index (χ2n) is 8.50. The number of benzene rings is 1. The minimum absolute atomic E-state index is 0.0146. The summed E-state index contributed by atoms with van der Waals surface area (Å²) in [5.41, 5.74) is 2.27. The standard InChI is InChI=1S/C21H35N3O2/c1-8-11-22-20(26)17-13-16(9-10-18(17)24(6)7)23-19(25)12-15(2)14-21(3,4)5/h9-10,13,15H,8,11-12,14H2,1-7H3,(H,22,26)(H,23,25)/t15-/m0/s1. The van der Waals surface area contributed by atoms with Crippen LogP contribution in [0.3, 0.4) is 0 Å². The molecule has 0 saturated carbocycles. The van der Waals surface area contributed by atoms with Gasteiger partial charge in [0.2, 0.25) is 5.91 Å². The predicted octanol–water partition coefficient (Wildman–Crippen LogP) is 4.29. The molecule has 0 radical (unpaired) electrons. The first-order valence-electron chi connectivity index (χ1n) is 9.43. The molecular formula is C21H35N3O2. The summed E-state index contributed by atoms with van der Waals surface area (Å²) in [5.74, 6) is 0.176. The lowest BCUT2D eigenvalue weighted by Gasteiger charge is -2.23. The number of anilines is 2. The van der Waals surface area contributed by atoms with E-state index in [0.717, 1.165) is 18.5 Å². The van der Waals surface area contributed by atoms with Crippen molar-refractivity contribution in [2.45, 2.75) is 53.9 Å². The Bertz CT molecular complexity index is 618. The van der Waals surface area contributed by atoms with Crippen molar-refractivity contribution in [3.05, 3.63) is 23.8 Å². The molecule has 5 heteroatoms. The Morgan fingerprint density at radius 2 is 1.85 bits per heavy atom. The fraction of sp³-hybridized carbons (Fsp3) is 0.619. The zero-order valence-corrected chi connectivity index (χ0v) is 17.4. The van der Waals surface area contributed by atoms with Gasteiger partial charge in [0.15, 0.2) is 0 Å². The van der Waals surface area contributed by atoms with Gasteiger partial charge in [-0.2, -0.15) is 0 Å². The fourth-order valence-corrected chi connectivity index (χ4v) is 3.17. The highest BCUT2D eigenvalue weighted by atomic mass is 16.2. The van der Waals surface area contributed by atoms with Gasteiger partial charge in [0.1, 0.15) is 0 Å². The van der Waals surface area contributed by atoms with Crippen LogP contribution in [0.25, 0.3) is 0 Å². The maximum atomic E-state index is 12.5. The summed E-state index contributed by atoms with van der Waals surface area (Å²) in [4.78, 5) is 26.7. The van der Waals surface area contributed by atoms with Crippen LogP contribution in [0.2, 0.25) is 0 Å². The average molecular weight is 362 g/mol. The topological polar surface area (TPSA) is 61.4 Å². The van der Waals surface area contributed by atoms with Crippen LogP contribution in [0.4, 0.5) is 11.4 Å². The molecule has 1 atom stereocenters. The van der Waals surface area contributed by atoms with Crippen molar-refractivity contribution in [2.24, 2.45) is 11.3 Å². The molecule has 0 aromatic heterocycles. The molecule has 146 valence electrons. The lowest BCUT2D eigenvalue weighted by Crippen LogP contribution is -2.26. The van der Waals surface area contributed by atoms with Crippen molar-refractivity contribution in [2.75, 3.05) is 30.9 Å². The predicted molar refractivity (Wildman–Crippen MR) is 110 cm³/mol. The van der Waals surface area contributed by atoms with Crippen molar-refractivity contribution in [3.63, 3.8) is 0 Å². The minimum Gasteiger partial charge on any atom is -0.377 e. The molecule has 1 aromatic rings. The number of nitrogens with one attached hydrogen (secondary N) is 2. The van der Waals surface area contributed by atoms with Crippen LogP contribution >= 0.6 is 0 Å². The first-order chi connectivity index (χ1) is 12.0. The highest BCUT2D eigenvalue weighted by Crippen LogP contribution is 2.27. The number of hydrogen-bond donors (Lipinski definition) is 2. The zero-order chi connectivity index (χ0) is 19.9. The number of carbonyl (C=O) groups is 2. The van der Waals surface area contributed by atoms with Gasteiger partial charge in [-0.15, -0.1) is 0 Å². The van der Waals surface area contributed by atoms with Gasteiger partial charge >= 0.3 is 0 Å². The lowest BCUT2D eigenvalue weighted by molar-refractivity contribution is -0.117. The molecule has 26 heavy (non-hydrogen) atoms. The summed E-state index contributed by atoms with van der Waals surface area (Å²) in [6.07, 6.45) is 2.35. The van der Waals surface area contributed by atoms with E-state index < -0.39 is 0 Å². The van der Waals surface area contributed by atoms with Crippen LogP contribution in [0, 0.1) is 11.3 Å². The molecule has 0 spiro atoms. The van der Waals surface area contributed by atoms with E-state index >= 15 is 0 Å². The van der Waals surface area contributed by atoms with Gasteiger partial charge in [-0.3, -0.25) is 9.59 Å². The highest BCUT2D eigenvalue weighted by Gasteiger charge is 2.19. The van der Waals surface area contributed by atoms with Crippen LogP contribution in [0.5, 0.6) is 0 Å². The van der Waals surface area contributed by atoms with E-state index in [4.69, 9.17) is 0 Å². The Morgan fingerprint density at radius 1 is 1.19 bits per heavy atom. The van der Waals surface area contributed by atoms with E-state index in [2.05, 4.69) is 38.3 Å². The van der Waals surface area contributed by atoms with Crippen molar-refractivity contribution in [1.29, 1.82) is 0 Å². The van der Waals surface area contributed by atoms with Gasteiger partial charge in [0.05, 0.1) is 5.56 Å². The first kappa shape index (κ1) is 22.0. The summed E-state index contributed by atoms with van der Waals surface area (Å²) >= 11 is 0. The lowest BCUT2D eigenvalue weighted by atomic mass is 9.84. The number of rotatable bonds is 8. The molecule has 1 rings (SSSR count). The minimum atomic E-state index is -0.118. The highest BCUT2D eigenvalue weighted by molar-refractivity contribution is 6.02.